The lowest BCUT2D eigenvalue weighted by Gasteiger charge is -2.37. The van der Waals surface area contributed by atoms with Crippen LogP contribution in [0.5, 0.6) is 0 Å². The molecule has 2 aromatic rings. The van der Waals surface area contributed by atoms with Crippen molar-refractivity contribution in [2.45, 2.75) is 56.3 Å². The standard InChI is InChI=1S/C35H54N6O3S2/c1-36(2)33-16-18-34(19-17-33)45-39-22-9-20-37(30-31-12-5-3-6-13-31)21-10-24-40(25-11-23-39)46(43,44)41-28-26-38(27-29-41)35(42)32-14-7-4-8-15-32/h4,7-8,14-19,31H,3,5-6,9-13,20-30H2,1-2H3. The SMILES string of the molecule is CN(C)c1ccc(SN2CCCN(CC3CCCCC3)CCCN(S(=O)(=O)N3CCN(C(=O)c4ccccc4)CC3)CCC2)cc1. The van der Waals surface area contributed by atoms with E-state index in [9.17, 15) is 13.2 Å². The van der Waals surface area contributed by atoms with Gasteiger partial charge in [0.15, 0.2) is 0 Å². The second-order valence-electron chi connectivity index (χ2n) is 13.2. The molecule has 3 aliphatic rings. The largest absolute Gasteiger partial charge is 0.378 e. The summed E-state index contributed by atoms with van der Waals surface area (Å²) in [5, 5.41) is 0. The third-order valence-electron chi connectivity index (χ3n) is 9.61. The van der Waals surface area contributed by atoms with E-state index in [-0.39, 0.29) is 5.91 Å². The van der Waals surface area contributed by atoms with Crippen molar-refractivity contribution in [1.29, 1.82) is 0 Å². The predicted molar refractivity (Wildman–Crippen MR) is 189 cm³/mol. The van der Waals surface area contributed by atoms with Gasteiger partial charge in [0.2, 0.25) is 0 Å². The Morgan fingerprint density at radius 1 is 0.717 bits per heavy atom. The van der Waals surface area contributed by atoms with E-state index < -0.39 is 10.2 Å². The molecule has 2 saturated heterocycles. The van der Waals surface area contributed by atoms with Gasteiger partial charge in [-0.05, 0) is 99.5 Å². The van der Waals surface area contributed by atoms with Crippen molar-refractivity contribution in [2.24, 2.45) is 5.92 Å². The molecule has 0 bridgehead atoms. The zero-order valence-electron chi connectivity index (χ0n) is 27.9. The maximum Gasteiger partial charge on any atom is 0.282 e. The molecule has 0 radical (unpaired) electrons. The fraction of sp³-hybridized carbons (Fsp3) is 0.629. The molecule has 2 aliphatic heterocycles. The van der Waals surface area contributed by atoms with Crippen molar-refractivity contribution >= 4 is 33.8 Å². The first kappa shape index (κ1) is 35.2. The van der Waals surface area contributed by atoms with Crippen LogP contribution in [-0.4, -0.2) is 123 Å². The highest BCUT2D eigenvalue weighted by Gasteiger charge is 2.34. The topological polar surface area (TPSA) is 70.7 Å². The van der Waals surface area contributed by atoms with Crippen molar-refractivity contribution in [3.63, 3.8) is 0 Å². The molecule has 0 N–H and O–H groups in total. The van der Waals surface area contributed by atoms with E-state index in [0.717, 1.165) is 57.9 Å². The van der Waals surface area contributed by atoms with Gasteiger partial charge < -0.3 is 14.7 Å². The lowest BCUT2D eigenvalue weighted by Crippen LogP contribution is -2.54. The number of rotatable bonds is 8. The van der Waals surface area contributed by atoms with Crippen LogP contribution in [0.2, 0.25) is 0 Å². The normalized spacial score (nSPS) is 21.4. The molecular weight excluding hydrogens is 617 g/mol. The van der Waals surface area contributed by atoms with Crippen LogP contribution in [-0.2, 0) is 10.2 Å². The van der Waals surface area contributed by atoms with Crippen molar-refractivity contribution in [3.8, 4) is 0 Å². The van der Waals surface area contributed by atoms with Crippen LogP contribution in [0, 0.1) is 5.92 Å². The summed E-state index contributed by atoms with van der Waals surface area (Å²) in [6.07, 6.45) is 9.41. The van der Waals surface area contributed by atoms with Gasteiger partial charge in [0, 0.05) is 89.1 Å². The van der Waals surface area contributed by atoms with E-state index in [4.69, 9.17) is 0 Å². The minimum Gasteiger partial charge on any atom is -0.378 e. The zero-order chi connectivity index (χ0) is 32.4. The minimum atomic E-state index is -3.64. The molecule has 254 valence electrons. The molecule has 0 aromatic heterocycles. The van der Waals surface area contributed by atoms with E-state index in [2.05, 4.69) is 52.5 Å². The summed E-state index contributed by atoms with van der Waals surface area (Å²) in [4.78, 5) is 20.7. The quantitative estimate of drug-likeness (QED) is 0.361. The number of carbonyl (C=O) groups excluding carboxylic acids is 1. The molecule has 1 aliphatic carbocycles. The van der Waals surface area contributed by atoms with E-state index >= 15 is 0 Å². The highest BCUT2D eigenvalue weighted by molar-refractivity contribution is 7.97. The van der Waals surface area contributed by atoms with Crippen LogP contribution in [0.4, 0.5) is 5.69 Å². The molecule has 11 heteroatoms. The molecule has 1 saturated carbocycles. The Kier molecular flexibility index (Phi) is 13.2. The second-order valence-corrected chi connectivity index (χ2v) is 16.3. The van der Waals surface area contributed by atoms with Crippen LogP contribution in [0.25, 0.3) is 0 Å². The van der Waals surface area contributed by atoms with Gasteiger partial charge in [0.05, 0.1) is 0 Å². The van der Waals surface area contributed by atoms with Crippen molar-refractivity contribution in [2.75, 3.05) is 91.0 Å². The molecular formula is C35H54N6O3S2. The van der Waals surface area contributed by atoms with E-state index in [0.29, 0.717) is 44.8 Å². The summed E-state index contributed by atoms with van der Waals surface area (Å²) in [6.45, 7) is 7.43. The Morgan fingerprint density at radius 3 is 1.93 bits per heavy atom. The maximum absolute atomic E-state index is 14.1. The monoisotopic (exact) mass is 670 g/mol. The van der Waals surface area contributed by atoms with Gasteiger partial charge in [-0.1, -0.05) is 37.5 Å². The molecule has 1 amide bonds. The molecule has 5 rings (SSSR count). The Morgan fingerprint density at radius 2 is 1.30 bits per heavy atom. The number of benzene rings is 2. The molecule has 0 unspecified atom stereocenters. The van der Waals surface area contributed by atoms with Crippen LogP contribution < -0.4 is 4.90 Å². The molecule has 2 aromatic carbocycles. The summed E-state index contributed by atoms with van der Waals surface area (Å²) in [7, 11) is 0.473. The molecule has 2 heterocycles. The summed E-state index contributed by atoms with van der Waals surface area (Å²) < 4.78 is 33.9. The Hall–Kier alpha value is -2.15. The number of hydrogen-bond acceptors (Lipinski definition) is 7. The van der Waals surface area contributed by atoms with E-state index in [1.807, 2.05) is 30.3 Å². The number of anilines is 1. The lowest BCUT2D eigenvalue weighted by molar-refractivity contribution is 0.0693. The van der Waals surface area contributed by atoms with Crippen molar-refractivity contribution in [3.05, 3.63) is 60.2 Å². The van der Waals surface area contributed by atoms with Gasteiger partial charge in [0.25, 0.3) is 16.1 Å². The summed E-state index contributed by atoms with van der Waals surface area (Å²) in [5.41, 5.74) is 1.83. The molecule has 46 heavy (non-hydrogen) atoms. The zero-order valence-corrected chi connectivity index (χ0v) is 29.6. The highest BCUT2D eigenvalue weighted by atomic mass is 32.2. The first-order valence-corrected chi connectivity index (χ1v) is 19.5. The highest BCUT2D eigenvalue weighted by Crippen LogP contribution is 2.27. The summed E-state index contributed by atoms with van der Waals surface area (Å²) >= 11 is 1.79. The number of amides is 1. The third kappa shape index (κ3) is 9.93. The lowest BCUT2D eigenvalue weighted by atomic mass is 9.89. The van der Waals surface area contributed by atoms with Gasteiger partial charge in [0.1, 0.15) is 0 Å². The first-order valence-electron chi connectivity index (χ1n) is 17.3. The van der Waals surface area contributed by atoms with Crippen LogP contribution in [0.1, 0.15) is 61.7 Å². The minimum absolute atomic E-state index is 0.0315. The molecule has 9 nitrogen and oxygen atoms in total. The van der Waals surface area contributed by atoms with Gasteiger partial charge in [-0.25, -0.2) is 4.31 Å². The van der Waals surface area contributed by atoms with E-state index in [1.165, 1.54) is 42.7 Å². The molecule has 0 atom stereocenters. The van der Waals surface area contributed by atoms with Gasteiger partial charge in [-0.3, -0.25) is 4.79 Å². The van der Waals surface area contributed by atoms with Gasteiger partial charge in [-0.15, -0.1) is 0 Å². The smallest absolute Gasteiger partial charge is 0.282 e. The average Bonchev–Trinajstić information content (AvgIpc) is 3.07. The number of nitrogens with zero attached hydrogens (tertiary/aromatic N) is 6. The van der Waals surface area contributed by atoms with Gasteiger partial charge >= 0.3 is 0 Å². The third-order valence-corrected chi connectivity index (χ3v) is 12.7. The van der Waals surface area contributed by atoms with Crippen molar-refractivity contribution in [1.82, 2.24) is 22.7 Å². The Labute approximate surface area is 282 Å². The fourth-order valence-corrected chi connectivity index (χ4v) is 9.61. The summed E-state index contributed by atoms with van der Waals surface area (Å²) in [5.74, 6) is 0.730. The Balaban J connectivity index is 1.24. The number of piperazine rings is 1. The second kappa shape index (κ2) is 17.3. The summed E-state index contributed by atoms with van der Waals surface area (Å²) in [6, 6.07) is 17.9. The van der Waals surface area contributed by atoms with Crippen molar-refractivity contribution < 1.29 is 13.2 Å². The molecule has 0 spiro atoms. The predicted octanol–water partition coefficient (Wildman–Crippen LogP) is 5.13. The van der Waals surface area contributed by atoms with Crippen LogP contribution in [0.15, 0.2) is 59.5 Å². The van der Waals surface area contributed by atoms with Gasteiger partial charge in [-0.2, -0.15) is 17.0 Å². The average molecular weight is 671 g/mol. The Bertz CT molecular complexity index is 1310. The maximum atomic E-state index is 14.1. The van der Waals surface area contributed by atoms with Crippen LogP contribution >= 0.6 is 11.9 Å². The first-order chi connectivity index (χ1) is 22.3. The van der Waals surface area contributed by atoms with Crippen LogP contribution in [0.3, 0.4) is 0 Å². The number of carbonyl (C=O) groups is 1. The molecule has 3 fully saturated rings. The van der Waals surface area contributed by atoms with E-state index in [1.54, 1.807) is 25.5 Å². The fourth-order valence-electron chi connectivity index (χ4n) is 6.94. The number of hydrogen-bond donors (Lipinski definition) is 0.